The van der Waals surface area contributed by atoms with E-state index in [-0.39, 0.29) is 35.6 Å². The van der Waals surface area contributed by atoms with Crippen LogP contribution in [-0.4, -0.2) is 36.4 Å². The molecule has 5 nitrogen and oxygen atoms in total. The van der Waals surface area contributed by atoms with Crippen LogP contribution < -0.4 is 4.90 Å². The van der Waals surface area contributed by atoms with Crippen LogP contribution >= 0.6 is 11.8 Å². The van der Waals surface area contributed by atoms with E-state index in [0.29, 0.717) is 11.8 Å². The number of ether oxygens (including phenoxy) is 1. The van der Waals surface area contributed by atoms with Gasteiger partial charge >= 0.3 is 5.97 Å². The Bertz CT molecular complexity index is 665. The average molecular weight is 343 g/mol. The molecule has 1 fully saturated rings. The van der Waals surface area contributed by atoms with Crippen molar-refractivity contribution >= 4 is 34.4 Å². The van der Waals surface area contributed by atoms with E-state index in [2.05, 4.69) is 4.74 Å². The molecule has 124 valence electrons. The first kappa shape index (κ1) is 17.4. The maximum absolute atomic E-state index is 14.0. The molecule has 1 unspecified atom stereocenters. The lowest BCUT2D eigenvalue weighted by molar-refractivity contribution is -0.117. The number of rotatable bonds is 4. The SMILES string of the molecule is COC(=O)c1cc(N2CC(CSC(C)=O)CC2=O)c(F)cc1F. The minimum atomic E-state index is -1.05. The zero-order valence-electron chi connectivity index (χ0n) is 12.6. The number of carbonyl (C=O) groups is 3. The van der Waals surface area contributed by atoms with E-state index in [4.69, 9.17) is 0 Å². The van der Waals surface area contributed by atoms with E-state index < -0.39 is 23.2 Å². The molecule has 8 heteroatoms. The predicted molar refractivity (Wildman–Crippen MR) is 81.3 cm³/mol. The van der Waals surface area contributed by atoms with Crippen LogP contribution in [0.5, 0.6) is 0 Å². The number of nitrogens with zero attached hydrogens (tertiary/aromatic N) is 1. The molecule has 1 aromatic carbocycles. The molecule has 0 radical (unpaired) electrons. The Balaban J connectivity index is 2.26. The number of thioether (sulfide) groups is 1. The molecular formula is C15H15F2NO4S. The lowest BCUT2D eigenvalue weighted by Crippen LogP contribution is -2.26. The molecule has 0 aliphatic carbocycles. The number of esters is 1. The Hall–Kier alpha value is -1.96. The Kier molecular flexibility index (Phi) is 5.35. The summed E-state index contributed by atoms with van der Waals surface area (Å²) in [6, 6.07) is 1.54. The number of amides is 1. The predicted octanol–water partition coefficient (Wildman–Crippen LogP) is 2.38. The maximum atomic E-state index is 14.0. The smallest absolute Gasteiger partial charge is 0.340 e. The van der Waals surface area contributed by atoms with Crippen LogP contribution in [-0.2, 0) is 14.3 Å². The van der Waals surface area contributed by atoms with Gasteiger partial charge in [-0.3, -0.25) is 9.59 Å². The summed E-state index contributed by atoms with van der Waals surface area (Å²) in [6.07, 6.45) is 0.171. The Labute approximate surface area is 136 Å². The van der Waals surface area contributed by atoms with Gasteiger partial charge in [0.15, 0.2) is 5.12 Å². The molecule has 0 bridgehead atoms. The molecule has 0 N–H and O–H groups in total. The number of hydrogen-bond acceptors (Lipinski definition) is 5. The van der Waals surface area contributed by atoms with E-state index >= 15 is 0 Å². The van der Waals surface area contributed by atoms with Crippen LogP contribution in [0.15, 0.2) is 12.1 Å². The first-order valence-corrected chi connectivity index (χ1v) is 7.83. The van der Waals surface area contributed by atoms with Gasteiger partial charge in [-0.2, -0.15) is 0 Å². The molecule has 0 saturated carbocycles. The molecule has 1 atom stereocenters. The van der Waals surface area contributed by atoms with Crippen molar-refractivity contribution < 1.29 is 27.9 Å². The minimum absolute atomic E-state index is 0.0585. The van der Waals surface area contributed by atoms with Crippen molar-refractivity contribution in [1.29, 1.82) is 0 Å². The van der Waals surface area contributed by atoms with Crippen molar-refractivity contribution in [3.63, 3.8) is 0 Å². The van der Waals surface area contributed by atoms with Gasteiger partial charge in [-0.05, 0) is 12.0 Å². The molecule has 2 rings (SSSR count). The Morgan fingerprint density at radius 2 is 2.04 bits per heavy atom. The maximum Gasteiger partial charge on any atom is 0.340 e. The van der Waals surface area contributed by atoms with Crippen molar-refractivity contribution in [2.75, 3.05) is 24.3 Å². The normalized spacial score (nSPS) is 17.5. The average Bonchev–Trinajstić information content (AvgIpc) is 2.85. The van der Waals surface area contributed by atoms with Crippen molar-refractivity contribution in [3.8, 4) is 0 Å². The van der Waals surface area contributed by atoms with Crippen LogP contribution in [0.1, 0.15) is 23.7 Å². The van der Waals surface area contributed by atoms with E-state index in [1.165, 1.54) is 11.8 Å². The van der Waals surface area contributed by atoms with E-state index in [1.807, 2.05) is 0 Å². The van der Waals surface area contributed by atoms with Gasteiger partial charge in [-0.25, -0.2) is 13.6 Å². The van der Waals surface area contributed by atoms with Crippen molar-refractivity contribution in [3.05, 3.63) is 29.3 Å². The fraction of sp³-hybridized carbons (Fsp3) is 0.400. The van der Waals surface area contributed by atoms with Crippen LogP contribution in [0.25, 0.3) is 0 Å². The number of benzene rings is 1. The molecule has 0 aromatic heterocycles. The molecule has 1 aromatic rings. The molecule has 1 saturated heterocycles. The van der Waals surface area contributed by atoms with E-state index in [0.717, 1.165) is 24.9 Å². The summed E-state index contributed by atoms with van der Waals surface area (Å²) in [5.41, 5.74) is -0.592. The summed E-state index contributed by atoms with van der Waals surface area (Å²) in [5, 5.41) is -0.0585. The van der Waals surface area contributed by atoms with Gasteiger partial charge in [0.25, 0.3) is 0 Å². The van der Waals surface area contributed by atoms with Crippen LogP contribution in [0.3, 0.4) is 0 Å². The number of anilines is 1. The van der Waals surface area contributed by atoms with Crippen molar-refractivity contribution in [2.45, 2.75) is 13.3 Å². The monoisotopic (exact) mass is 343 g/mol. The number of hydrogen-bond donors (Lipinski definition) is 0. The van der Waals surface area contributed by atoms with Crippen LogP contribution in [0.4, 0.5) is 14.5 Å². The van der Waals surface area contributed by atoms with Crippen molar-refractivity contribution in [2.24, 2.45) is 5.92 Å². The van der Waals surface area contributed by atoms with Gasteiger partial charge < -0.3 is 9.64 Å². The molecule has 23 heavy (non-hydrogen) atoms. The largest absolute Gasteiger partial charge is 0.465 e. The molecule has 1 aliphatic heterocycles. The lowest BCUT2D eigenvalue weighted by atomic mass is 10.1. The summed E-state index contributed by atoms with van der Waals surface area (Å²) in [6.45, 7) is 1.64. The molecular weight excluding hydrogens is 328 g/mol. The van der Waals surface area contributed by atoms with Gasteiger partial charge in [-0.15, -0.1) is 0 Å². The number of carbonyl (C=O) groups excluding carboxylic acids is 3. The summed E-state index contributed by atoms with van der Waals surface area (Å²) in [4.78, 5) is 35.7. The van der Waals surface area contributed by atoms with Gasteiger partial charge in [0.05, 0.1) is 18.4 Å². The van der Waals surface area contributed by atoms with E-state index in [1.54, 1.807) is 0 Å². The topological polar surface area (TPSA) is 63.7 Å². The fourth-order valence-electron chi connectivity index (χ4n) is 2.37. The van der Waals surface area contributed by atoms with Gasteiger partial charge in [0.1, 0.15) is 11.6 Å². The lowest BCUT2D eigenvalue weighted by Gasteiger charge is -2.18. The third-order valence-electron chi connectivity index (χ3n) is 3.46. The third-order valence-corrected chi connectivity index (χ3v) is 4.50. The zero-order chi connectivity index (χ0) is 17.1. The third kappa shape index (κ3) is 3.87. The molecule has 0 spiro atoms. The van der Waals surface area contributed by atoms with Gasteiger partial charge in [-0.1, -0.05) is 11.8 Å². The fourth-order valence-corrected chi connectivity index (χ4v) is 3.07. The van der Waals surface area contributed by atoms with Crippen LogP contribution in [0.2, 0.25) is 0 Å². The Morgan fingerprint density at radius 3 is 2.65 bits per heavy atom. The second-order valence-corrected chi connectivity index (χ2v) is 6.35. The number of methoxy groups -OCH3 is 1. The van der Waals surface area contributed by atoms with E-state index in [9.17, 15) is 23.2 Å². The highest BCUT2D eigenvalue weighted by atomic mass is 32.2. The minimum Gasteiger partial charge on any atom is -0.465 e. The first-order valence-electron chi connectivity index (χ1n) is 6.84. The highest BCUT2D eigenvalue weighted by Gasteiger charge is 2.33. The highest BCUT2D eigenvalue weighted by molar-refractivity contribution is 8.13. The molecule has 1 heterocycles. The van der Waals surface area contributed by atoms with Gasteiger partial charge in [0.2, 0.25) is 5.91 Å². The summed E-state index contributed by atoms with van der Waals surface area (Å²) in [7, 11) is 1.08. The van der Waals surface area contributed by atoms with Crippen molar-refractivity contribution in [1.82, 2.24) is 0 Å². The zero-order valence-corrected chi connectivity index (χ0v) is 13.4. The number of halogens is 2. The first-order chi connectivity index (χ1) is 10.8. The molecule has 1 amide bonds. The highest BCUT2D eigenvalue weighted by Crippen LogP contribution is 2.31. The van der Waals surface area contributed by atoms with Crippen LogP contribution in [0, 0.1) is 17.6 Å². The Morgan fingerprint density at radius 1 is 1.35 bits per heavy atom. The quantitative estimate of drug-likeness (QED) is 0.786. The summed E-state index contributed by atoms with van der Waals surface area (Å²) < 4.78 is 32.1. The summed E-state index contributed by atoms with van der Waals surface area (Å²) in [5.74, 6) is -2.91. The second kappa shape index (κ2) is 7.08. The van der Waals surface area contributed by atoms with Gasteiger partial charge in [0, 0.05) is 31.7 Å². The second-order valence-electron chi connectivity index (χ2n) is 5.15. The standard InChI is InChI=1S/C15H15F2NO4S/c1-8(19)23-7-9-3-14(20)18(6-9)13-4-10(15(21)22-2)11(16)5-12(13)17/h4-5,9H,3,6-7H2,1-2H3. The summed E-state index contributed by atoms with van der Waals surface area (Å²) >= 11 is 1.10. The molecule has 1 aliphatic rings.